The van der Waals surface area contributed by atoms with Gasteiger partial charge in [0.15, 0.2) is 0 Å². The van der Waals surface area contributed by atoms with Crippen molar-refractivity contribution < 1.29 is 9.53 Å². The lowest BCUT2D eigenvalue weighted by Crippen LogP contribution is -2.19. The number of nitrogen functional groups attached to an aromatic ring is 1. The highest BCUT2D eigenvalue weighted by Gasteiger charge is 2.08. The number of hydrogen-bond donors (Lipinski definition) is 2. The predicted molar refractivity (Wildman–Crippen MR) is 85.3 cm³/mol. The number of nitrogens with two attached hydrogens (primary N) is 1. The molecule has 3 N–H and O–H groups in total. The van der Waals surface area contributed by atoms with E-state index >= 15 is 0 Å². The maximum atomic E-state index is 11.9. The summed E-state index contributed by atoms with van der Waals surface area (Å²) in [5.41, 5.74) is 8.85. The van der Waals surface area contributed by atoms with Gasteiger partial charge in [-0.3, -0.25) is 4.79 Å². The number of rotatable bonds is 5. The fourth-order valence-electron chi connectivity index (χ4n) is 1.93. The summed E-state index contributed by atoms with van der Waals surface area (Å²) >= 11 is 5.88. The van der Waals surface area contributed by atoms with Crippen LogP contribution >= 0.6 is 11.6 Å². The van der Waals surface area contributed by atoms with Crippen molar-refractivity contribution >= 4 is 28.9 Å². The minimum Gasteiger partial charge on any atom is -0.397 e. The van der Waals surface area contributed by atoms with Crippen LogP contribution < -0.4 is 11.1 Å². The normalized spacial score (nSPS) is 10.4. The van der Waals surface area contributed by atoms with Crippen molar-refractivity contribution in [2.45, 2.75) is 13.5 Å². The Morgan fingerprint density at radius 1 is 1.29 bits per heavy atom. The summed E-state index contributed by atoms with van der Waals surface area (Å²) in [4.78, 5) is 11.9. The van der Waals surface area contributed by atoms with E-state index in [1.807, 2.05) is 31.2 Å². The van der Waals surface area contributed by atoms with Gasteiger partial charge in [0, 0.05) is 5.02 Å². The molecule has 0 aliphatic rings. The molecule has 0 saturated heterocycles. The van der Waals surface area contributed by atoms with E-state index in [1.54, 1.807) is 18.2 Å². The second-order valence-corrected chi connectivity index (χ2v) is 5.15. The molecule has 0 atom stereocenters. The number of aryl methyl sites for hydroxylation is 1. The molecule has 0 radical (unpaired) electrons. The zero-order chi connectivity index (χ0) is 15.2. The van der Waals surface area contributed by atoms with Crippen LogP contribution in [0.4, 0.5) is 11.4 Å². The number of nitrogens with one attached hydrogen (secondary N) is 1. The summed E-state index contributed by atoms with van der Waals surface area (Å²) in [5.74, 6) is -0.238. The van der Waals surface area contributed by atoms with Gasteiger partial charge in [0.1, 0.15) is 6.61 Å². The molecule has 1 amide bonds. The zero-order valence-corrected chi connectivity index (χ0v) is 12.5. The Morgan fingerprint density at radius 3 is 2.76 bits per heavy atom. The van der Waals surface area contributed by atoms with Crippen LogP contribution in [-0.4, -0.2) is 12.5 Å². The van der Waals surface area contributed by atoms with E-state index in [0.29, 0.717) is 23.0 Å². The molecule has 0 bridgehead atoms. The smallest absolute Gasteiger partial charge is 0.250 e. The number of hydrogen-bond acceptors (Lipinski definition) is 3. The Morgan fingerprint density at radius 2 is 2.05 bits per heavy atom. The molecule has 0 heterocycles. The topological polar surface area (TPSA) is 64.3 Å². The first kappa shape index (κ1) is 15.4. The number of anilines is 2. The number of carbonyl (C=O) groups is 1. The van der Waals surface area contributed by atoms with Gasteiger partial charge in [0.05, 0.1) is 18.0 Å². The fourth-order valence-corrected chi connectivity index (χ4v) is 2.14. The molecule has 4 nitrogen and oxygen atoms in total. The molecule has 0 aromatic heterocycles. The van der Waals surface area contributed by atoms with E-state index in [4.69, 9.17) is 22.1 Å². The lowest BCUT2D eigenvalue weighted by molar-refractivity contribution is -0.121. The molecule has 2 aromatic carbocycles. The van der Waals surface area contributed by atoms with Crippen LogP contribution in [0, 0.1) is 6.92 Å². The molecule has 5 heteroatoms. The molecule has 0 saturated carbocycles. The second kappa shape index (κ2) is 7.11. The highest BCUT2D eigenvalue weighted by atomic mass is 35.5. The lowest BCUT2D eigenvalue weighted by Gasteiger charge is -2.11. The third-order valence-electron chi connectivity index (χ3n) is 2.96. The lowest BCUT2D eigenvalue weighted by atomic mass is 10.1. The highest BCUT2D eigenvalue weighted by molar-refractivity contribution is 6.30. The number of para-hydroxylation sites is 1. The van der Waals surface area contributed by atoms with Crippen LogP contribution in [0.15, 0.2) is 42.5 Å². The van der Waals surface area contributed by atoms with Crippen molar-refractivity contribution in [2.24, 2.45) is 0 Å². The van der Waals surface area contributed by atoms with Gasteiger partial charge in [-0.05, 0) is 36.2 Å². The monoisotopic (exact) mass is 304 g/mol. The van der Waals surface area contributed by atoms with Crippen molar-refractivity contribution in [2.75, 3.05) is 17.7 Å². The molecule has 2 aromatic rings. The van der Waals surface area contributed by atoms with Gasteiger partial charge in [-0.1, -0.05) is 35.9 Å². The van der Waals surface area contributed by atoms with Crippen molar-refractivity contribution in [3.8, 4) is 0 Å². The number of ether oxygens (including phenoxy) is 1. The van der Waals surface area contributed by atoms with Crippen LogP contribution in [0.25, 0.3) is 0 Å². The second-order valence-electron chi connectivity index (χ2n) is 4.71. The van der Waals surface area contributed by atoms with E-state index in [9.17, 15) is 4.79 Å². The summed E-state index contributed by atoms with van der Waals surface area (Å²) in [7, 11) is 0. The predicted octanol–water partition coefficient (Wildman–Crippen LogP) is 3.39. The molecular formula is C16H17ClN2O2. The summed E-state index contributed by atoms with van der Waals surface area (Å²) < 4.78 is 5.38. The average Bonchev–Trinajstić information content (AvgIpc) is 2.43. The largest absolute Gasteiger partial charge is 0.397 e. The number of amides is 1. The van der Waals surface area contributed by atoms with Crippen molar-refractivity contribution in [1.29, 1.82) is 0 Å². The molecule has 21 heavy (non-hydrogen) atoms. The average molecular weight is 305 g/mol. The minimum atomic E-state index is -0.238. The SMILES string of the molecule is Cc1cccc(N)c1NC(=O)COCc1cccc(Cl)c1. The van der Waals surface area contributed by atoms with Crippen LogP contribution in [-0.2, 0) is 16.1 Å². The Balaban J connectivity index is 1.85. The first-order valence-corrected chi connectivity index (χ1v) is 6.91. The zero-order valence-electron chi connectivity index (χ0n) is 11.7. The summed E-state index contributed by atoms with van der Waals surface area (Å²) in [6.45, 7) is 2.18. The van der Waals surface area contributed by atoms with Gasteiger partial charge in [-0.2, -0.15) is 0 Å². The van der Waals surface area contributed by atoms with E-state index in [1.165, 1.54) is 0 Å². The Labute approximate surface area is 128 Å². The van der Waals surface area contributed by atoms with Gasteiger partial charge in [0.2, 0.25) is 5.91 Å². The van der Waals surface area contributed by atoms with Gasteiger partial charge in [-0.25, -0.2) is 0 Å². The Bertz CT molecular complexity index is 624. The van der Waals surface area contributed by atoms with Gasteiger partial charge in [-0.15, -0.1) is 0 Å². The Hall–Kier alpha value is -2.04. The molecular weight excluding hydrogens is 288 g/mol. The fraction of sp³-hybridized carbons (Fsp3) is 0.188. The van der Waals surface area contributed by atoms with Crippen molar-refractivity contribution in [3.63, 3.8) is 0 Å². The van der Waals surface area contributed by atoms with Crippen LogP contribution in [0.1, 0.15) is 11.1 Å². The molecule has 110 valence electrons. The minimum absolute atomic E-state index is 0.0414. The van der Waals surface area contributed by atoms with E-state index < -0.39 is 0 Å². The summed E-state index contributed by atoms with van der Waals surface area (Å²) in [5, 5.41) is 3.41. The third kappa shape index (κ3) is 4.48. The Kier molecular flexibility index (Phi) is 5.20. The van der Waals surface area contributed by atoms with Crippen LogP contribution in [0.5, 0.6) is 0 Å². The van der Waals surface area contributed by atoms with E-state index in [2.05, 4.69) is 5.32 Å². The number of benzene rings is 2. The highest BCUT2D eigenvalue weighted by Crippen LogP contribution is 2.22. The quantitative estimate of drug-likeness (QED) is 0.832. The van der Waals surface area contributed by atoms with Crippen LogP contribution in [0.2, 0.25) is 5.02 Å². The molecule has 0 aliphatic heterocycles. The maximum absolute atomic E-state index is 11.9. The van der Waals surface area contributed by atoms with Crippen molar-refractivity contribution in [1.82, 2.24) is 0 Å². The maximum Gasteiger partial charge on any atom is 0.250 e. The molecule has 0 spiro atoms. The van der Waals surface area contributed by atoms with E-state index in [0.717, 1.165) is 11.1 Å². The molecule has 0 aliphatic carbocycles. The first-order valence-electron chi connectivity index (χ1n) is 6.53. The van der Waals surface area contributed by atoms with Gasteiger partial charge < -0.3 is 15.8 Å². The molecule has 0 fully saturated rings. The van der Waals surface area contributed by atoms with E-state index in [-0.39, 0.29) is 12.5 Å². The number of carbonyl (C=O) groups excluding carboxylic acids is 1. The molecule has 0 unspecified atom stereocenters. The number of halogens is 1. The van der Waals surface area contributed by atoms with Gasteiger partial charge >= 0.3 is 0 Å². The summed E-state index contributed by atoms with van der Waals surface area (Å²) in [6.07, 6.45) is 0. The summed E-state index contributed by atoms with van der Waals surface area (Å²) in [6, 6.07) is 12.8. The third-order valence-corrected chi connectivity index (χ3v) is 3.20. The van der Waals surface area contributed by atoms with Crippen molar-refractivity contribution in [3.05, 3.63) is 58.6 Å². The van der Waals surface area contributed by atoms with Gasteiger partial charge in [0.25, 0.3) is 0 Å². The first-order chi connectivity index (χ1) is 10.1. The van der Waals surface area contributed by atoms with Crippen LogP contribution in [0.3, 0.4) is 0 Å². The standard InChI is InChI=1S/C16H17ClN2O2/c1-11-4-2-7-14(18)16(11)19-15(20)10-21-9-12-5-3-6-13(17)8-12/h2-8H,9-10,18H2,1H3,(H,19,20). The molecule has 2 rings (SSSR count).